The Balaban J connectivity index is 2.43. The molecule has 1 aromatic rings. The van der Waals surface area contributed by atoms with E-state index in [-0.39, 0.29) is 12.6 Å². The molecule has 0 aliphatic rings. The van der Waals surface area contributed by atoms with Gasteiger partial charge in [-0.25, -0.2) is 4.79 Å². The van der Waals surface area contributed by atoms with Crippen molar-refractivity contribution >= 4 is 5.97 Å². The predicted molar refractivity (Wildman–Crippen MR) is 77.1 cm³/mol. The van der Waals surface area contributed by atoms with Crippen molar-refractivity contribution < 1.29 is 19.4 Å². The van der Waals surface area contributed by atoms with Crippen LogP contribution in [-0.2, 0) is 4.74 Å². The van der Waals surface area contributed by atoms with E-state index >= 15 is 0 Å². The summed E-state index contributed by atoms with van der Waals surface area (Å²) in [6, 6.07) is 6.66. The van der Waals surface area contributed by atoms with E-state index in [1.165, 1.54) is 7.11 Å². The maximum absolute atomic E-state index is 11.3. The molecule has 1 aromatic carbocycles. The lowest BCUT2D eigenvalue weighted by molar-refractivity contribution is 0.0600. The Morgan fingerprint density at radius 3 is 2.35 bits per heavy atom. The Labute approximate surface area is 120 Å². The second-order valence-corrected chi connectivity index (χ2v) is 4.47. The van der Waals surface area contributed by atoms with Crippen molar-refractivity contribution in [2.75, 3.05) is 33.4 Å². The molecule has 1 rings (SSSR count). The van der Waals surface area contributed by atoms with Gasteiger partial charge in [-0.05, 0) is 37.4 Å². The number of carbonyl (C=O) groups excluding carboxylic acids is 1. The molecule has 0 aromatic heterocycles. The number of esters is 1. The summed E-state index contributed by atoms with van der Waals surface area (Å²) >= 11 is 0. The molecule has 0 saturated heterocycles. The highest BCUT2D eigenvalue weighted by Gasteiger charge is 2.10. The van der Waals surface area contributed by atoms with Crippen LogP contribution in [0.2, 0.25) is 0 Å². The van der Waals surface area contributed by atoms with E-state index in [0.717, 1.165) is 13.1 Å². The zero-order valence-corrected chi connectivity index (χ0v) is 12.3. The van der Waals surface area contributed by atoms with Crippen LogP contribution in [0.1, 0.15) is 24.2 Å². The van der Waals surface area contributed by atoms with Crippen LogP contribution in [0.4, 0.5) is 0 Å². The summed E-state index contributed by atoms with van der Waals surface area (Å²) in [6.07, 6.45) is -0.532. The molecule has 0 heterocycles. The van der Waals surface area contributed by atoms with Crippen LogP contribution in [0.5, 0.6) is 5.75 Å². The molecular formula is C15H23NO4. The Hall–Kier alpha value is -1.59. The molecule has 5 nitrogen and oxygen atoms in total. The minimum atomic E-state index is -0.532. The van der Waals surface area contributed by atoms with Gasteiger partial charge in [0, 0.05) is 6.54 Å². The minimum Gasteiger partial charge on any atom is -0.491 e. The van der Waals surface area contributed by atoms with Gasteiger partial charge in [-0.3, -0.25) is 0 Å². The molecule has 0 radical (unpaired) electrons. The molecule has 0 amide bonds. The van der Waals surface area contributed by atoms with Crippen molar-refractivity contribution in [3.63, 3.8) is 0 Å². The molecule has 1 N–H and O–H groups in total. The average molecular weight is 281 g/mol. The Bertz CT molecular complexity index is 401. The molecule has 20 heavy (non-hydrogen) atoms. The van der Waals surface area contributed by atoms with E-state index in [1.54, 1.807) is 24.3 Å². The Kier molecular flexibility index (Phi) is 7.04. The van der Waals surface area contributed by atoms with Crippen LogP contribution in [0.25, 0.3) is 0 Å². The van der Waals surface area contributed by atoms with Crippen LogP contribution >= 0.6 is 0 Å². The van der Waals surface area contributed by atoms with E-state index < -0.39 is 6.10 Å². The standard InChI is InChI=1S/C15H23NO4/c1-4-16(5-2)10-13(17)11-20-14-8-6-12(7-9-14)15(18)19-3/h6-9,13,17H,4-5,10-11H2,1-3H3. The third-order valence-electron chi connectivity index (χ3n) is 3.08. The zero-order chi connectivity index (χ0) is 15.0. The molecule has 0 aliphatic heterocycles. The smallest absolute Gasteiger partial charge is 0.337 e. The molecule has 5 heteroatoms. The van der Waals surface area contributed by atoms with Crippen molar-refractivity contribution in [3.05, 3.63) is 29.8 Å². The van der Waals surface area contributed by atoms with E-state index in [2.05, 4.69) is 23.5 Å². The number of hydrogen-bond donors (Lipinski definition) is 1. The van der Waals surface area contributed by atoms with E-state index in [1.807, 2.05) is 0 Å². The van der Waals surface area contributed by atoms with Gasteiger partial charge in [0.1, 0.15) is 18.5 Å². The topological polar surface area (TPSA) is 59.0 Å². The number of carbonyl (C=O) groups is 1. The largest absolute Gasteiger partial charge is 0.491 e. The Morgan fingerprint density at radius 2 is 1.85 bits per heavy atom. The molecule has 0 spiro atoms. The van der Waals surface area contributed by atoms with Crippen LogP contribution in [-0.4, -0.2) is 55.4 Å². The molecule has 1 unspecified atom stereocenters. The number of likely N-dealkylation sites (N-methyl/N-ethyl adjacent to an activating group) is 1. The summed E-state index contributed by atoms with van der Waals surface area (Å²) in [7, 11) is 1.34. The highest BCUT2D eigenvalue weighted by Crippen LogP contribution is 2.13. The normalized spacial score (nSPS) is 12.2. The number of methoxy groups -OCH3 is 1. The molecule has 0 bridgehead atoms. The van der Waals surface area contributed by atoms with Crippen molar-refractivity contribution in [1.82, 2.24) is 4.90 Å². The van der Waals surface area contributed by atoms with Gasteiger partial charge in [0.05, 0.1) is 12.7 Å². The maximum Gasteiger partial charge on any atom is 0.337 e. The zero-order valence-electron chi connectivity index (χ0n) is 12.3. The van der Waals surface area contributed by atoms with Gasteiger partial charge < -0.3 is 19.5 Å². The summed E-state index contributed by atoms with van der Waals surface area (Å²) in [4.78, 5) is 13.4. The van der Waals surface area contributed by atoms with Gasteiger partial charge >= 0.3 is 5.97 Å². The second kappa shape index (κ2) is 8.55. The molecule has 0 fully saturated rings. The number of aliphatic hydroxyl groups excluding tert-OH is 1. The van der Waals surface area contributed by atoms with E-state index in [9.17, 15) is 9.90 Å². The lowest BCUT2D eigenvalue weighted by atomic mass is 10.2. The van der Waals surface area contributed by atoms with Gasteiger partial charge in [-0.2, -0.15) is 0 Å². The number of ether oxygens (including phenoxy) is 2. The fourth-order valence-corrected chi connectivity index (χ4v) is 1.83. The van der Waals surface area contributed by atoms with Crippen LogP contribution in [0.3, 0.4) is 0 Å². The highest BCUT2D eigenvalue weighted by atomic mass is 16.5. The molecule has 0 aliphatic carbocycles. The van der Waals surface area contributed by atoms with Gasteiger partial charge in [-0.1, -0.05) is 13.8 Å². The number of aliphatic hydroxyl groups is 1. The number of benzene rings is 1. The summed E-state index contributed by atoms with van der Waals surface area (Å²) in [5.74, 6) is 0.245. The second-order valence-electron chi connectivity index (χ2n) is 4.47. The number of nitrogens with zero attached hydrogens (tertiary/aromatic N) is 1. The molecular weight excluding hydrogens is 258 g/mol. The summed E-state index contributed by atoms with van der Waals surface area (Å²) < 4.78 is 10.1. The SMILES string of the molecule is CCN(CC)CC(O)COc1ccc(C(=O)OC)cc1. The first kappa shape index (κ1) is 16.5. The summed E-state index contributed by atoms with van der Waals surface area (Å²) in [5.41, 5.74) is 0.475. The third-order valence-corrected chi connectivity index (χ3v) is 3.08. The van der Waals surface area contributed by atoms with Gasteiger partial charge in [0.2, 0.25) is 0 Å². The van der Waals surface area contributed by atoms with E-state index in [0.29, 0.717) is 17.9 Å². The number of hydrogen-bond acceptors (Lipinski definition) is 5. The van der Waals surface area contributed by atoms with Crippen molar-refractivity contribution in [1.29, 1.82) is 0 Å². The first-order valence-electron chi connectivity index (χ1n) is 6.82. The van der Waals surface area contributed by atoms with Gasteiger partial charge in [0.15, 0.2) is 0 Å². The Morgan fingerprint density at radius 1 is 1.25 bits per heavy atom. The predicted octanol–water partition coefficient (Wildman–Crippen LogP) is 1.55. The van der Waals surface area contributed by atoms with Crippen LogP contribution in [0.15, 0.2) is 24.3 Å². The van der Waals surface area contributed by atoms with Crippen molar-refractivity contribution in [2.45, 2.75) is 20.0 Å². The quantitative estimate of drug-likeness (QED) is 0.733. The molecule has 0 saturated carbocycles. The maximum atomic E-state index is 11.3. The monoisotopic (exact) mass is 281 g/mol. The lowest BCUT2D eigenvalue weighted by Gasteiger charge is -2.21. The highest BCUT2D eigenvalue weighted by molar-refractivity contribution is 5.89. The third kappa shape index (κ3) is 5.19. The van der Waals surface area contributed by atoms with Crippen molar-refractivity contribution in [2.24, 2.45) is 0 Å². The van der Waals surface area contributed by atoms with Crippen molar-refractivity contribution in [3.8, 4) is 5.75 Å². The summed E-state index contributed by atoms with van der Waals surface area (Å²) in [5, 5.41) is 9.88. The fraction of sp³-hybridized carbons (Fsp3) is 0.533. The van der Waals surface area contributed by atoms with Crippen LogP contribution < -0.4 is 4.74 Å². The van der Waals surface area contributed by atoms with E-state index in [4.69, 9.17) is 4.74 Å². The van der Waals surface area contributed by atoms with Gasteiger partial charge in [-0.15, -0.1) is 0 Å². The lowest BCUT2D eigenvalue weighted by Crippen LogP contribution is -2.35. The fourth-order valence-electron chi connectivity index (χ4n) is 1.83. The average Bonchev–Trinajstić information content (AvgIpc) is 2.50. The molecule has 112 valence electrons. The van der Waals surface area contributed by atoms with Crippen LogP contribution in [0, 0.1) is 0 Å². The minimum absolute atomic E-state index is 0.230. The first-order chi connectivity index (χ1) is 9.60. The van der Waals surface area contributed by atoms with Gasteiger partial charge in [0.25, 0.3) is 0 Å². The first-order valence-corrected chi connectivity index (χ1v) is 6.82. The number of rotatable bonds is 8. The molecule has 1 atom stereocenters. The summed E-state index contributed by atoms with van der Waals surface area (Å²) in [6.45, 7) is 6.75.